The van der Waals surface area contributed by atoms with Gasteiger partial charge in [-0.1, -0.05) is 12.1 Å². The first-order valence-corrected chi connectivity index (χ1v) is 10.5. The molecule has 7 nitrogen and oxygen atoms in total. The minimum absolute atomic E-state index is 0. The second-order valence-electron chi connectivity index (χ2n) is 7.02. The standard InChI is InChI=1S/C23H30FN3O4.HI/c1-28-13-14-29-10-3-9-25-23(26-17-18-5-2-6-19(24)15-18)27-20-7-8-21-22(16-20)31-12-4-11-30-21;/h2,5-8,15-16H,3-4,9-14,17H2,1H3,(H2,25,26,27);1H. The Morgan fingerprint density at radius 1 is 1.06 bits per heavy atom. The summed E-state index contributed by atoms with van der Waals surface area (Å²) >= 11 is 0. The second kappa shape index (κ2) is 14.9. The number of benzene rings is 2. The molecule has 2 aromatic carbocycles. The number of hydrogen-bond acceptors (Lipinski definition) is 5. The zero-order valence-corrected chi connectivity index (χ0v) is 20.6. The molecule has 3 rings (SSSR count). The number of rotatable bonds is 10. The highest BCUT2D eigenvalue weighted by atomic mass is 127. The number of halogens is 2. The summed E-state index contributed by atoms with van der Waals surface area (Å²) in [7, 11) is 1.65. The number of methoxy groups -OCH3 is 1. The third kappa shape index (κ3) is 9.17. The van der Waals surface area contributed by atoms with Crippen molar-refractivity contribution in [3.8, 4) is 11.5 Å². The summed E-state index contributed by atoms with van der Waals surface area (Å²) in [6.07, 6.45) is 1.66. The molecule has 0 amide bonds. The van der Waals surface area contributed by atoms with Crippen LogP contribution in [-0.2, 0) is 16.0 Å². The summed E-state index contributed by atoms with van der Waals surface area (Å²) < 4.78 is 35.4. The molecule has 2 N–H and O–H groups in total. The molecular formula is C23H31FIN3O4. The van der Waals surface area contributed by atoms with Gasteiger partial charge in [0.05, 0.1) is 33.0 Å². The number of anilines is 1. The lowest BCUT2D eigenvalue weighted by molar-refractivity contribution is 0.0699. The Bertz CT molecular complexity index is 854. The predicted octanol–water partition coefficient (Wildman–Crippen LogP) is 4.22. The van der Waals surface area contributed by atoms with Gasteiger partial charge in [-0.25, -0.2) is 9.38 Å². The molecule has 9 heteroatoms. The van der Waals surface area contributed by atoms with E-state index in [9.17, 15) is 4.39 Å². The van der Waals surface area contributed by atoms with Gasteiger partial charge in [-0.15, -0.1) is 24.0 Å². The van der Waals surface area contributed by atoms with Crippen molar-refractivity contribution in [1.82, 2.24) is 5.32 Å². The van der Waals surface area contributed by atoms with Gasteiger partial charge < -0.3 is 29.6 Å². The molecule has 1 aliphatic rings. The SMILES string of the molecule is COCCOCCCNC(=NCc1cccc(F)c1)Nc1ccc2c(c1)OCCCO2.I. The van der Waals surface area contributed by atoms with E-state index in [0.717, 1.165) is 29.8 Å². The zero-order valence-electron chi connectivity index (χ0n) is 18.3. The van der Waals surface area contributed by atoms with E-state index < -0.39 is 0 Å². The molecule has 0 saturated carbocycles. The van der Waals surface area contributed by atoms with Gasteiger partial charge in [-0.2, -0.15) is 0 Å². The minimum atomic E-state index is -0.272. The minimum Gasteiger partial charge on any atom is -0.490 e. The fraction of sp³-hybridized carbons (Fsp3) is 0.435. The first-order chi connectivity index (χ1) is 15.2. The molecule has 0 atom stereocenters. The Hall–Kier alpha value is -2.11. The third-order valence-corrected chi connectivity index (χ3v) is 4.51. The lowest BCUT2D eigenvalue weighted by atomic mass is 10.2. The molecular weight excluding hydrogens is 528 g/mol. The smallest absolute Gasteiger partial charge is 0.196 e. The van der Waals surface area contributed by atoms with Gasteiger partial charge in [0.25, 0.3) is 0 Å². The fourth-order valence-electron chi connectivity index (χ4n) is 2.95. The Balaban J connectivity index is 0.00000363. The Morgan fingerprint density at radius 2 is 1.91 bits per heavy atom. The van der Waals surface area contributed by atoms with Crippen LogP contribution in [0.3, 0.4) is 0 Å². The van der Waals surface area contributed by atoms with E-state index in [-0.39, 0.29) is 29.8 Å². The van der Waals surface area contributed by atoms with Crippen LogP contribution in [0.25, 0.3) is 0 Å². The fourth-order valence-corrected chi connectivity index (χ4v) is 2.95. The van der Waals surface area contributed by atoms with Gasteiger partial charge in [0.1, 0.15) is 5.82 Å². The maximum atomic E-state index is 13.5. The largest absolute Gasteiger partial charge is 0.490 e. The molecule has 1 heterocycles. The summed E-state index contributed by atoms with van der Waals surface area (Å²) in [5.74, 6) is 1.77. The average molecular weight is 559 g/mol. The highest BCUT2D eigenvalue weighted by molar-refractivity contribution is 14.0. The van der Waals surface area contributed by atoms with Crippen LogP contribution in [0.1, 0.15) is 18.4 Å². The number of nitrogens with one attached hydrogen (secondary N) is 2. The van der Waals surface area contributed by atoms with E-state index in [2.05, 4.69) is 15.6 Å². The molecule has 2 aromatic rings. The Morgan fingerprint density at radius 3 is 2.72 bits per heavy atom. The van der Waals surface area contributed by atoms with Gasteiger partial charge in [0.15, 0.2) is 17.5 Å². The summed E-state index contributed by atoms with van der Waals surface area (Å²) in [5, 5.41) is 6.59. The van der Waals surface area contributed by atoms with Gasteiger partial charge in [-0.05, 0) is 36.2 Å². The molecule has 0 aromatic heterocycles. The van der Waals surface area contributed by atoms with Crippen molar-refractivity contribution in [3.05, 3.63) is 53.8 Å². The van der Waals surface area contributed by atoms with Crippen molar-refractivity contribution in [2.75, 3.05) is 52.0 Å². The summed E-state index contributed by atoms with van der Waals surface area (Å²) in [4.78, 5) is 4.60. The number of hydrogen-bond donors (Lipinski definition) is 2. The van der Waals surface area contributed by atoms with Crippen LogP contribution >= 0.6 is 24.0 Å². The third-order valence-electron chi connectivity index (χ3n) is 4.51. The van der Waals surface area contributed by atoms with Crippen LogP contribution in [0.4, 0.5) is 10.1 Å². The second-order valence-corrected chi connectivity index (χ2v) is 7.02. The van der Waals surface area contributed by atoms with Crippen LogP contribution in [0, 0.1) is 5.82 Å². The molecule has 0 aliphatic carbocycles. The van der Waals surface area contributed by atoms with Gasteiger partial charge >= 0.3 is 0 Å². The molecule has 0 saturated heterocycles. The van der Waals surface area contributed by atoms with E-state index in [1.54, 1.807) is 13.2 Å². The van der Waals surface area contributed by atoms with Crippen LogP contribution in [0.5, 0.6) is 11.5 Å². The molecule has 0 radical (unpaired) electrons. The molecule has 32 heavy (non-hydrogen) atoms. The van der Waals surface area contributed by atoms with E-state index in [1.165, 1.54) is 12.1 Å². The van der Waals surface area contributed by atoms with E-state index >= 15 is 0 Å². The first kappa shape index (κ1) is 26.1. The van der Waals surface area contributed by atoms with Crippen LogP contribution in [0.2, 0.25) is 0 Å². The molecule has 0 fully saturated rings. The zero-order chi connectivity index (χ0) is 21.7. The molecule has 0 spiro atoms. The summed E-state index contributed by atoms with van der Waals surface area (Å²) in [6.45, 7) is 4.07. The van der Waals surface area contributed by atoms with Crippen molar-refractivity contribution in [1.29, 1.82) is 0 Å². The quantitative estimate of drug-likeness (QED) is 0.197. The highest BCUT2D eigenvalue weighted by Crippen LogP contribution is 2.32. The summed E-state index contributed by atoms with van der Waals surface area (Å²) in [5.41, 5.74) is 1.62. The number of nitrogens with zero attached hydrogens (tertiary/aromatic N) is 1. The number of guanidine groups is 1. The van der Waals surface area contributed by atoms with E-state index in [0.29, 0.717) is 57.8 Å². The van der Waals surface area contributed by atoms with Crippen molar-refractivity contribution in [3.63, 3.8) is 0 Å². The Labute approximate surface area is 205 Å². The monoisotopic (exact) mass is 559 g/mol. The predicted molar refractivity (Wildman–Crippen MR) is 134 cm³/mol. The topological polar surface area (TPSA) is 73.3 Å². The van der Waals surface area contributed by atoms with Crippen molar-refractivity contribution in [2.45, 2.75) is 19.4 Å². The van der Waals surface area contributed by atoms with Crippen molar-refractivity contribution >= 4 is 35.6 Å². The number of ether oxygens (including phenoxy) is 4. The van der Waals surface area contributed by atoms with Gasteiger partial charge in [0, 0.05) is 38.4 Å². The number of aliphatic imine (C=N–C) groups is 1. The Kier molecular flexibility index (Phi) is 12.1. The van der Waals surface area contributed by atoms with Crippen molar-refractivity contribution < 1.29 is 23.3 Å². The average Bonchev–Trinajstić information content (AvgIpc) is 3.02. The van der Waals surface area contributed by atoms with Crippen LogP contribution < -0.4 is 20.1 Å². The summed E-state index contributed by atoms with van der Waals surface area (Å²) in [6, 6.07) is 12.1. The van der Waals surface area contributed by atoms with Crippen LogP contribution in [0.15, 0.2) is 47.5 Å². The normalized spacial score (nSPS) is 13.1. The van der Waals surface area contributed by atoms with Gasteiger partial charge in [-0.3, -0.25) is 0 Å². The maximum Gasteiger partial charge on any atom is 0.196 e. The molecule has 0 unspecified atom stereocenters. The highest BCUT2D eigenvalue weighted by Gasteiger charge is 2.11. The lowest BCUT2D eigenvalue weighted by Crippen LogP contribution is -2.32. The molecule has 176 valence electrons. The van der Waals surface area contributed by atoms with Crippen LogP contribution in [-0.4, -0.2) is 52.6 Å². The maximum absolute atomic E-state index is 13.5. The first-order valence-electron chi connectivity index (χ1n) is 10.5. The lowest BCUT2D eigenvalue weighted by Gasteiger charge is -2.15. The molecule has 1 aliphatic heterocycles. The molecule has 0 bridgehead atoms. The van der Waals surface area contributed by atoms with E-state index in [1.807, 2.05) is 24.3 Å². The number of fused-ring (bicyclic) bond motifs is 1. The van der Waals surface area contributed by atoms with E-state index in [4.69, 9.17) is 18.9 Å². The van der Waals surface area contributed by atoms with Gasteiger partial charge in [0.2, 0.25) is 0 Å². The van der Waals surface area contributed by atoms with Crippen molar-refractivity contribution in [2.24, 2.45) is 4.99 Å².